The van der Waals surface area contributed by atoms with Gasteiger partial charge in [0.2, 0.25) is 5.95 Å². The van der Waals surface area contributed by atoms with E-state index in [0.717, 1.165) is 49.5 Å². The summed E-state index contributed by atoms with van der Waals surface area (Å²) >= 11 is 0. The molecule has 3 aromatic rings. The van der Waals surface area contributed by atoms with E-state index in [4.69, 9.17) is 0 Å². The smallest absolute Gasteiger partial charge is 0.223 e. The predicted molar refractivity (Wildman–Crippen MR) is 114 cm³/mol. The van der Waals surface area contributed by atoms with Crippen LogP contribution in [0.4, 0.5) is 10.3 Å². The van der Waals surface area contributed by atoms with Crippen LogP contribution >= 0.6 is 0 Å². The third-order valence-electron chi connectivity index (χ3n) is 5.08. The fourth-order valence-electron chi connectivity index (χ4n) is 3.57. The van der Waals surface area contributed by atoms with E-state index in [9.17, 15) is 4.39 Å². The van der Waals surface area contributed by atoms with Crippen molar-refractivity contribution in [2.24, 2.45) is 0 Å². The number of benzene rings is 2. The Labute approximate surface area is 171 Å². The summed E-state index contributed by atoms with van der Waals surface area (Å²) in [6.45, 7) is 5.87. The molecule has 1 aliphatic heterocycles. The first-order chi connectivity index (χ1) is 14.3. The van der Waals surface area contributed by atoms with Crippen LogP contribution in [0.5, 0.6) is 0 Å². The standard InChI is InChI=1S/C23H26FN5/c24-21-6-2-3-18(16-21)7-9-26-23-27-10-8-22(28-23)20-5-1-4-19(15-20)17-29-13-11-25-12-14-29/h1-6,8,10,15-16,25H,7,9,11-14,17H2,(H,26,27,28). The van der Waals surface area contributed by atoms with Crippen molar-refractivity contribution < 1.29 is 4.39 Å². The van der Waals surface area contributed by atoms with Crippen molar-refractivity contribution in [3.63, 3.8) is 0 Å². The highest BCUT2D eigenvalue weighted by Crippen LogP contribution is 2.20. The lowest BCUT2D eigenvalue weighted by Crippen LogP contribution is -2.42. The molecule has 0 amide bonds. The van der Waals surface area contributed by atoms with Gasteiger partial charge in [0.1, 0.15) is 5.82 Å². The summed E-state index contributed by atoms with van der Waals surface area (Å²) in [5.74, 6) is 0.382. The molecule has 4 rings (SSSR count). The van der Waals surface area contributed by atoms with E-state index >= 15 is 0 Å². The molecule has 1 aliphatic rings. The number of nitrogens with one attached hydrogen (secondary N) is 2. The number of nitrogens with zero attached hydrogens (tertiary/aromatic N) is 3. The summed E-state index contributed by atoms with van der Waals surface area (Å²) in [5.41, 5.74) is 4.24. The molecule has 1 aromatic heterocycles. The highest BCUT2D eigenvalue weighted by atomic mass is 19.1. The SMILES string of the molecule is Fc1cccc(CCNc2nccc(-c3cccc(CN4CCNCC4)c3)n2)c1. The van der Waals surface area contributed by atoms with Crippen LogP contribution in [0.1, 0.15) is 11.1 Å². The van der Waals surface area contributed by atoms with Gasteiger partial charge in [-0.3, -0.25) is 4.90 Å². The topological polar surface area (TPSA) is 53.1 Å². The molecule has 0 saturated carbocycles. The second kappa shape index (κ2) is 9.58. The van der Waals surface area contributed by atoms with Crippen molar-refractivity contribution in [1.29, 1.82) is 0 Å². The summed E-state index contributed by atoms with van der Waals surface area (Å²) in [4.78, 5) is 11.4. The van der Waals surface area contributed by atoms with Crippen LogP contribution in [0.2, 0.25) is 0 Å². The van der Waals surface area contributed by atoms with Gasteiger partial charge in [0.15, 0.2) is 0 Å². The molecule has 6 heteroatoms. The number of aromatic nitrogens is 2. The Morgan fingerprint density at radius 3 is 2.69 bits per heavy atom. The highest BCUT2D eigenvalue weighted by molar-refractivity contribution is 5.60. The minimum Gasteiger partial charge on any atom is -0.354 e. The van der Waals surface area contributed by atoms with Crippen LogP contribution in [-0.2, 0) is 13.0 Å². The summed E-state index contributed by atoms with van der Waals surface area (Å²) < 4.78 is 13.3. The number of hydrogen-bond acceptors (Lipinski definition) is 5. The first-order valence-electron chi connectivity index (χ1n) is 10.1. The van der Waals surface area contributed by atoms with Gasteiger partial charge >= 0.3 is 0 Å². The Balaban J connectivity index is 1.39. The summed E-state index contributed by atoms with van der Waals surface area (Å²) in [7, 11) is 0. The number of hydrogen-bond donors (Lipinski definition) is 2. The molecule has 0 bridgehead atoms. The van der Waals surface area contributed by atoms with Gasteiger partial charge in [-0.2, -0.15) is 0 Å². The minimum atomic E-state index is -0.207. The number of rotatable bonds is 7. The van der Waals surface area contributed by atoms with Gasteiger partial charge in [-0.1, -0.05) is 30.3 Å². The quantitative estimate of drug-likeness (QED) is 0.647. The maximum absolute atomic E-state index is 13.3. The Morgan fingerprint density at radius 2 is 1.83 bits per heavy atom. The third-order valence-corrected chi connectivity index (χ3v) is 5.08. The first-order valence-corrected chi connectivity index (χ1v) is 10.1. The molecule has 150 valence electrons. The van der Waals surface area contributed by atoms with Crippen molar-refractivity contribution in [3.05, 3.63) is 77.7 Å². The molecule has 1 fully saturated rings. The number of anilines is 1. The van der Waals surface area contributed by atoms with E-state index < -0.39 is 0 Å². The van der Waals surface area contributed by atoms with Crippen molar-refractivity contribution >= 4 is 5.95 Å². The zero-order valence-corrected chi connectivity index (χ0v) is 16.4. The molecule has 2 heterocycles. The Kier molecular flexibility index (Phi) is 6.44. The fraction of sp³-hybridized carbons (Fsp3) is 0.304. The molecule has 2 N–H and O–H groups in total. The largest absolute Gasteiger partial charge is 0.354 e. The average Bonchev–Trinajstić information content (AvgIpc) is 2.75. The second-order valence-corrected chi connectivity index (χ2v) is 7.30. The maximum Gasteiger partial charge on any atom is 0.223 e. The molecule has 2 aromatic carbocycles. The number of piperazine rings is 1. The Hall–Kier alpha value is -2.83. The van der Waals surface area contributed by atoms with E-state index in [0.29, 0.717) is 18.9 Å². The predicted octanol–water partition coefficient (Wildman–Crippen LogP) is 3.34. The molecule has 0 aliphatic carbocycles. The van der Waals surface area contributed by atoms with Crippen molar-refractivity contribution in [2.75, 3.05) is 38.0 Å². The molecule has 29 heavy (non-hydrogen) atoms. The van der Waals surface area contributed by atoms with Crippen molar-refractivity contribution in [2.45, 2.75) is 13.0 Å². The molecule has 0 radical (unpaired) electrons. The van der Waals surface area contributed by atoms with Crippen LogP contribution in [0.3, 0.4) is 0 Å². The summed E-state index contributed by atoms with van der Waals surface area (Å²) in [5, 5.41) is 6.63. The van der Waals surface area contributed by atoms with Gasteiger partial charge in [-0.25, -0.2) is 14.4 Å². The molecule has 0 unspecified atom stereocenters. The van der Waals surface area contributed by atoms with Gasteiger partial charge < -0.3 is 10.6 Å². The van der Waals surface area contributed by atoms with Crippen LogP contribution in [0.25, 0.3) is 11.3 Å². The van der Waals surface area contributed by atoms with Crippen LogP contribution in [0, 0.1) is 5.82 Å². The first kappa shape index (κ1) is 19.5. The van der Waals surface area contributed by atoms with Gasteiger partial charge in [0.05, 0.1) is 5.69 Å². The zero-order valence-electron chi connectivity index (χ0n) is 16.4. The van der Waals surface area contributed by atoms with Gasteiger partial charge in [-0.05, 0) is 41.8 Å². The molecule has 0 atom stereocenters. The Bertz CT molecular complexity index is 940. The number of halogens is 1. The molecular weight excluding hydrogens is 365 g/mol. The van der Waals surface area contributed by atoms with E-state index in [1.54, 1.807) is 18.3 Å². The lowest BCUT2D eigenvalue weighted by Gasteiger charge is -2.27. The molecule has 1 saturated heterocycles. The van der Waals surface area contributed by atoms with E-state index in [1.165, 1.54) is 11.6 Å². The maximum atomic E-state index is 13.3. The van der Waals surface area contributed by atoms with Gasteiger partial charge in [0, 0.05) is 51.0 Å². The second-order valence-electron chi connectivity index (χ2n) is 7.30. The normalized spacial score (nSPS) is 14.7. The Morgan fingerprint density at radius 1 is 1.00 bits per heavy atom. The van der Waals surface area contributed by atoms with Crippen LogP contribution in [0.15, 0.2) is 60.8 Å². The zero-order chi connectivity index (χ0) is 19.9. The fourth-order valence-corrected chi connectivity index (χ4v) is 3.57. The van der Waals surface area contributed by atoms with Crippen LogP contribution < -0.4 is 10.6 Å². The highest BCUT2D eigenvalue weighted by Gasteiger charge is 2.10. The van der Waals surface area contributed by atoms with Crippen molar-refractivity contribution in [3.8, 4) is 11.3 Å². The lowest BCUT2D eigenvalue weighted by molar-refractivity contribution is 0.233. The van der Waals surface area contributed by atoms with Gasteiger partial charge in [0.25, 0.3) is 0 Å². The monoisotopic (exact) mass is 391 g/mol. The summed E-state index contributed by atoms with van der Waals surface area (Å²) in [6.07, 6.45) is 2.49. The lowest BCUT2D eigenvalue weighted by atomic mass is 10.1. The van der Waals surface area contributed by atoms with E-state index in [2.05, 4.69) is 49.8 Å². The van der Waals surface area contributed by atoms with Crippen LogP contribution in [-0.4, -0.2) is 47.6 Å². The third kappa shape index (κ3) is 5.59. The van der Waals surface area contributed by atoms with Gasteiger partial charge in [-0.15, -0.1) is 0 Å². The summed E-state index contributed by atoms with van der Waals surface area (Å²) in [6, 6.07) is 17.2. The molecule has 0 spiro atoms. The molecular formula is C23H26FN5. The average molecular weight is 391 g/mol. The molecule has 5 nitrogen and oxygen atoms in total. The van der Waals surface area contributed by atoms with E-state index in [1.807, 2.05) is 12.1 Å². The van der Waals surface area contributed by atoms with Crippen molar-refractivity contribution in [1.82, 2.24) is 20.2 Å². The minimum absolute atomic E-state index is 0.207. The van der Waals surface area contributed by atoms with E-state index in [-0.39, 0.29) is 5.82 Å².